The van der Waals surface area contributed by atoms with Crippen LogP contribution in [-0.2, 0) is 20.8 Å². The lowest BCUT2D eigenvalue weighted by molar-refractivity contribution is -0.119. The Hall–Kier alpha value is -3.48. The van der Waals surface area contributed by atoms with Crippen LogP contribution in [0, 0.1) is 13.8 Å². The van der Waals surface area contributed by atoms with Gasteiger partial charge in [-0.1, -0.05) is 30.3 Å². The molecule has 1 heterocycles. The van der Waals surface area contributed by atoms with Crippen LogP contribution in [0.25, 0.3) is 0 Å². The van der Waals surface area contributed by atoms with E-state index in [1.54, 1.807) is 24.3 Å². The normalized spacial score (nSPS) is 13.9. The molecule has 144 valence electrons. The number of nitrogens with one attached hydrogen (secondary N) is 1. The zero-order valence-corrected chi connectivity index (χ0v) is 15.9. The van der Waals surface area contributed by atoms with Gasteiger partial charge in [0.2, 0.25) is 11.8 Å². The highest BCUT2D eigenvalue weighted by molar-refractivity contribution is 6.44. The van der Waals surface area contributed by atoms with E-state index in [1.165, 1.54) is 5.01 Å². The number of benzene rings is 2. The van der Waals surface area contributed by atoms with Crippen molar-refractivity contribution < 1.29 is 14.4 Å². The minimum absolute atomic E-state index is 0.0238. The number of hydrogen-bond acceptors (Lipinski definition) is 4. The van der Waals surface area contributed by atoms with Crippen molar-refractivity contribution in [2.24, 2.45) is 10.8 Å². The topological polar surface area (TPSA) is 105 Å². The molecule has 7 heteroatoms. The van der Waals surface area contributed by atoms with Gasteiger partial charge in [0.1, 0.15) is 5.71 Å². The Morgan fingerprint density at radius 3 is 2.64 bits per heavy atom. The summed E-state index contributed by atoms with van der Waals surface area (Å²) < 4.78 is 0. The van der Waals surface area contributed by atoms with Gasteiger partial charge in [-0.25, -0.2) is 5.01 Å². The van der Waals surface area contributed by atoms with Crippen molar-refractivity contribution in [3.8, 4) is 0 Å². The first-order valence-corrected chi connectivity index (χ1v) is 9.00. The van der Waals surface area contributed by atoms with E-state index in [1.807, 2.05) is 32.0 Å². The third kappa shape index (κ3) is 4.25. The highest BCUT2D eigenvalue weighted by Gasteiger charge is 2.27. The fourth-order valence-corrected chi connectivity index (χ4v) is 3.03. The number of nitrogens with zero attached hydrogens (tertiary/aromatic N) is 2. The molecule has 2 aromatic rings. The number of hydrazone groups is 1. The molecule has 0 saturated carbocycles. The summed E-state index contributed by atoms with van der Waals surface area (Å²) in [5, 5.41) is 8.40. The van der Waals surface area contributed by atoms with Crippen molar-refractivity contribution in [2.75, 3.05) is 10.3 Å². The molecule has 0 unspecified atom stereocenters. The molecule has 0 fully saturated rings. The monoisotopic (exact) mass is 378 g/mol. The number of amides is 3. The Bertz CT molecular complexity index is 981. The van der Waals surface area contributed by atoms with Gasteiger partial charge in [0, 0.05) is 18.5 Å². The molecule has 3 N–H and O–H groups in total. The molecule has 0 aromatic heterocycles. The Balaban J connectivity index is 1.87. The van der Waals surface area contributed by atoms with Crippen molar-refractivity contribution in [2.45, 2.75) is 33.1 Å². The Morgan fingerprint density at radius 2 is 1.89 bits per heavy atom. The summed E-state index contributed by atoms with van der Waals surface area (Å²) in [4.78, 5) is 36.4. The van der Waals surface area contributed by atoms with Crippen molar-refractivity contribution in [3.05, 3.63) is 59.2 Å². The Morgan fingerprint density at radius 1 is 1.14 bits per heavy atom. The third-order valence-electron chi connectivity index (χ3n) is 4.52. The molecule has 0 radical (unpaired) electrons. The van der Waals surface area contributed by atoms with Crippen LogP contribution in [0.4, 0.5) is 11.4 Å². The number of anilines is 2. The molecule has 28 heavy (non-hydrogen) atoms. The predicted molar refractivity (Wildman–Crippen MR) is 108 cm³/mol. The average molecular weight is 378 g/mol. The van der Waals surface area contributed by atoms with Crippen LogP contribution in [0.3, 0.4) is 0 Å². The van der Waals surface area contributed by atoms with Gasteiger partial charge < -0.3 is 11.1 Å². The van der Waals surface area contributed by atoms with E-state index in [9.17, 15) is 14.4 Å². The lowest BCUT2D eigenvalue weighted by Crippen LogP contribution is -2.36. The lowest BCUT2D eigenvalue weighted by Gasteiger charge is -2.25. The molecular formula is C21H22N4O3. The third-order valence-corrected chi connectivity index (χ3v) is 4.52. The second kappa shape index (κ2) is 8.04. The average Bonchev–Trinajstić information content (AvgIpc) is 2.65. The van der Waals surface area contributed by atoms with E-state index in [0.717, 1.165) is 11.1 Å². The Labute approximate surface area is 163 Å². The first-order chi connectivity index (χ1) is 13.3. The van der Waals surface area contributed by atoms with Crippen LogP contribution >= 0.6 is 0 Å². The minimum atomic E-state index is -0.483. The van der Waals surface area contributed by atoms with E-state index in [-0.39, 0.29) is 30.9 Å². The lowest BCUT2D eigenvalue weighted by atomic mass is 10.1. The summed E-state index contributed by atoms with van der Waals surface area (Å²) in [6, 6.07) is 12.7. The number of carbonyl (C=O) groups excluding carboxylic acids is 3. The van der Waals surface area contributed by atoms with Gasteiger partial charge in [-0.3, -0.25) is 14.4 Å². The van der Waals surface area contributed by atoms with Crippen LogP contribution in [0.2, 0.25) is 0 Å². The zero-order valence-electron chi connectivity index (χ0n) is 15.9. The standard InChI is InChI=1S/C21H22N4O3/c1-13-7-8-14(2)18(11-13)25-20(27)10-9-17(24-25)21(28)23-16-6-4-3-5-15(16)12-19(22)26/h3-8,11H,9-10,12H2,1-2H3,(H2,22,26)(H,23,28). The summed E-state index contributed by atoms with van der Waals surface area (Å²) in [7, 11) is 0. The number of primary amides is 1. The van der Waals surface area contributed by atoms with Gasteiger partial charge in [-0.05, 0) is 42.7 Å². The molecule has 7 nitrogen and oxygen atoms in total. The number of carbonyl (C=O) groups is 3. The summed E-state index contributed by atoms with van der Waals surface area (Å²) in [5.74, 6) is -1.04. The quantitative estimate of drug-likeness (QED) is 0.835. The van der Waals surface area contributed by atoms with Crippen molar-refractivity contribution in [3.63, 3.8) is 0 Å². The van der Waals surface area contributed by atoms with E-state index >= 15 is 0 Å². The van der Waals surface area contributed by atoms with E-state index in [2.05, 4.69) is 10.4 Å². The van der Waals surface area contributed by atoms with Crippen LogP contribution in [0.5, 0.6) is 0 Å². The number of para-hydroxylation sites is 1. The first-order valence-electron chi connectivity index (χ1n) is 9.00. The Kier molecular flexibility index (Phi) is 5.54. The maximum absolute atomic E-state index is 12.7. The summed E-state index contributed by atoms with van der Waals surface area (Å²) in [6.07, 6.45) is 0.475. The second-order valence-electron chi connectivity index (χ2n) is 6.80. The fraction of sp³-hybridized carbons (Fsp3) is 0.238. The maximum Gasteiger partial charge on any atom is 0.271 e. The highest BCUT2D eigenvalue weighted by atomic mass is 16.2. The maximum atomic E-state index is 12.7. The largest absolute Gasteiger partial charge is 0.369 e. The van der Waals surface area contributed by atoms with Gasteiger partial charge in [0.15, 0.2) is 0 Å². The van der Waals surface area contributed by atoms with Gasteiger partial charge in [0.25, 0.3) is 5.91 Å². The number of rotatable bonds is 5. The molecule has 3 rings (SSSR count). The van der Waals surface area contributed by atoms with Crippen molar-refractivity contribution in [1.29, 1.82) is 0 Å². The number of aryl methyl sites for hydroxylation is 2. The second-order valence-corrected chi connectivity index (χ2v) is 6.80. The molecular weight excluding hydrogens is 356 g/mol. The zero-order chi connectivity index (χ0) is 20.3. The SMILES string of the molecule is Cc1ccc(C)c(N2N=C(C(=O)Nc3ccccc3CC(N)=O)CCC2=O)c1. The predicted octanol–water partition coefficient (Wildman–Crippen LogP) is 2.45. The molecule has 3 amide bonds. The van der Waals surface area contributed by atoms with E-state index < -0.39 is 11.8 Å². The summed E-state index contributed by atoms with van der Waals surface area (Å²) >= 11 is 0. The van der Waals surface area contributed by atoms with Gasteiger partial charge >= 0.3 is 0 Å². The molecule has 0 atom stereocenters. The van der Waals surface area contributed by atoms with Crippen LogP contribution in [0.1, 0.15) is 29.5 Å². The molecule has 0 saturated heterocycles. The van der Waals surface area contributed by atoms with Gasteiger partial charge in [-0.15, -0.1) is 0 Å². The molecule has 1 aliphatic rings. The molecule has 2 aromatic carbocycles. The first kappa shape index (κ1) is 19.3. The molecule has 1 aliphatic heterocycles. The van der Waals surface area contributed by atoms with Crippen LogP contribution in [0.15, 0.2) is 47.6 Å². The van der Waals surface area contributed by atoms with E-state index in [0.29, 0.717) is 16.9 Å². The summed E-state index contributed by atoms with van der Waals surface area (Å²) in [5.41, 5.74) is 9.23. The van der Waals surface area contributed by atoms with Crippen LogP contribution < -0.4 is 16.1 Å². The summed E-state index contributed by atoms with van der Waals surface area (Å²) in [6.45, 7) is 3.83. The van der Waals surface area contributed by atoms with Crippen molar-refractivity contribution >= 4 is 34.8 Å². The smallest absolute Gasteiger partial charge is 0.271 e. The molecule has 0 spiro atoms. The van der Waals surface area contributed by atoms with Crippen LogP contribution in [-0.4, -0.2) is 23.4 Å². The molecule has 0 aliphatic carbocycles. The molecule has 0 bridgehead atoms. The van der Waals surface area contributed by atoms with Gasteiger partial charge in [0.05, 0.1) is 12.1 Å². The highest BCUT2D eigenvalue weighted by Crippen LogP contribution is 2.26. The fourth-order valence-electron chi connectivity index (χ4n) is 3.03. The number of hydrogen-bond donors (Lipinski definition) is 2. The number of nitrogens with two attached hydrogens (primary N) is 1. The van der Waals surface area contributed by atoms with E-state index in [4.69, 9.17) is 5.73 Å². The van der Waals surface area contributed by atoms with Gasteiger partial charge in [-0.2, -0.15) is 5.10 Å². The van der Waals surface area contributed by atoms with Crippen molar-refractivity contribution in [1.82, 2.24) is 0 Å². The minimum Gasteiger partial charge on any atom is -0.369 e.